The van der Waals surface area contributed by atoms with Crippen molar-refractivity contribution in [3.05, 3.63) is 77.0 Å². The van der Waals surface area contributed by atoms with Crippen molar-refractivity contribution in [2.24, 2.45) is 0 Å². The van der Waals surface area contributed by atoms with E-state index in [1.807, 2.05) is 12.1 Å². The van der Waals surface area contributed by atoms with Gasteiger partial charge < -0.3 is 10.1 Å². The van der Waals surface area contributed by atoms with Crippen molar-refractivity contribution >= 4 is 27.7 Å². The number of anilines is 1. The molecule has 3 aromatic rings. The molecule has 0 spiro atoms. The maximum absolute atomic E-state index is 12.4. The van der Waals surface area contributed by atoms with Gasteiger partial charge in [0.2, 0.25) is 5.88 Å². The molecule has 0 saturated carbocycles. The molecule has 0 atom stereocenters. The van der Waals surface area contributed by atoms with Crippen LogP contribution in [0.25, 0.3) is 0 Å². The number of carbonyl (C=O) groups excluding carboxylic acids is 1. The first-order valence-electron chi connectivity index (χ1n) is 6.83. The number of nitrogens with one attached hydrogen (secondary N) is 1. The van der Waals surface area contributed by atoms with Crippen LogP contribution in [0.4, 0.5) is 5.82 Å². The summed E-state index contributed by atoms with van der Waals surface area (Å²) in [5.41, 5.74) is 0.334. The van der Waals surface area contributed by atoms with E-state index in [1.54, 1.807) is 54.9 Å². The zero-order chi connectivity index (χ0) is 16.1. The lowest BCUT2D eigenvalue weighted by Crippen LogP contribution is -2.14. The summed E-state index contributed by atoms with van der Waals surface area (Å²) in [6, 6.07) is 15.9. The number of carbonyl (C=O) groups is 1. The minimum atomic E-state index is -0.330. The fraction of sp³-hybridized carbons (Fsp3) is 0. The Bertz CT molecular complexity index is 808. The third kappa shape index (κ3) is 3.92. The van der Waals surface area contributed by atoms with E-state index in [1.165, 1.54) is 0 Å². The minimum absolute atomic E-state index is 0.239. The lowest BCUT2D eigenvalue weighted by Gasteiger charge is -2.10. The summed E-state index contributed by atoms with van der Waals surface area (Å²) in [6.07, 6.45) is 3.18. The smallest absolute Gasteiger partial charge is 0.262 e. The Hall–Kier alpha value is -2.73. The van der Waals surface area contributed by atoms with Crippen molar-refractivity contribution in [2.45, 2.75) is 0 Å². The van der Waals surface area contributed by atoms with E-state index in [0.717, 1.165) is 4.47 Å². The first-order chi connectivity index (χ1) is 11.2. The quantitative estimate of drug-likeness (QED) is 0.745. The molecule has 1 N–H and O–H groups in total. The summed E-state index contributed by atoms with van der Waals surface area (Å²) in [7, 11) is 0. The van der Waals surface area contributed by atoms with Crippen molar-refractivity contribution in [2.75, 3.05) is 5.32 Å². The molecule has 5 nitrogen and oxygen atoms in total. The predicted octanol–water partition coefficient (Wildman–Crippen LogP) is 4.28. The molecule has 6 heteroatoms. The van der Waals surface area contributed by atoms with E-state index < -0.39 is 0 Å². The van der Waals surface area contributed by atoms with Crippen molar-refractivity contribution in [1.29, 1.82) is 0 Å². The number of benzene rings is 1. The van der Waals surface area contributed by atoms with Crippen LogP contribution in [-0.4, -0.2) is 15.9 Å². The molecule has 2 heterocycles. The molecule has 0 unspecified atom stereocenters. The van der Waals surface area contributed by atoms with Gasteiger partial charge in [-0.1, -0.05) is 22.0 Å². The van der Waals surface area contributed by atoms with Crippen molar-refractivity contribution in [1.82, 2.24) is 9.97 Å². The number of halogens is 1. The Kier molecular flexibility index (Phi) is 4.63. The molecule has 114 valence electrons. The molecule has 0 aliphatic carbocycles. The molecule has 0 saturated heterocycles. The molecule has 3 rings (SSSR count). The lowest BCUT2D eigenvalue weighted by atomic mass is 10.2. The Morgan fingerprint density at radius 2 is 1.74 bits per heavy atom. The summed E-state index contributed by atoms with van der Waals surface area (Å²) >= 11 is 3.36. The summed E-state index contributed by atoms with van der Waals surface area (Å²) in [5, 5.41) is 2.72. The maximum atomic E-state index is 12.4. The molecule has 1 aromatic carbocycles. The summed E-state index contributed by atoms with van der Waals surface area (Å²) in [5.74, 6) is 0.974. The topological polar surface area (TPSA) is 64.1 Å². The monoisotopic (exact) mass is 369 g/mol. The van der Waals surface area contributed by atoms with Crippen LogP contribution in [-0.2, 0) is 0 Å². The average molecular weight is 370 g/mol. The highest BCUT2D eigenvalue weighted by atomic mass is 79.9. The molecule has 0 radical (unpaired) electrons. The molecule has 0 fully saturated rings. The van der Waals surface area contributed by atoms with Gasteiger partial charge in [-0.25, -0.2) is 9.97 Å². The number of hydrogen-bond acceptors (Lipinski definition) is 4. The van der Waals surface area contributed by atoms with Gasteiger partial charge in [0.25, 0.3) is 5.91 Å². The van der Waals surface area contributed by atoms with Crippen LogP contribution in [0.15, 0.2) is 71.5 Å². The maximum Gasteiger partial charge on any atom is 0.262 e. The standard InChI is InChI=1S/C17H12BrN3O2/c18-12-6-8-13(9-7-12)23-17-14(4-3-11-20-17)16(22)21-15-5-1-2-10-19-15/h1-11H,(H,19,21,22). The molecular weight excluding hydrogens is 358 g/mol. The fourth-order valence-corrected chi connectivity index (χ4v) is 2.14. The molecule has 0 bridgehead atoms. The van der Waals surface area contributed by atoms with E-state index in [-0.39, 0.29) is 11.8 Å². The first kappa shape index (κ1) is 15.2. The van der Waals surface area contributed by atoms with Crippen LogP contribution >= 0.6 is 15.9 Å². The summed E-state index contributed by atoms with van der Waals surface area (Å²) in [4.78, 5) is 20.6. The van der Waals surface area contributed by atoms with Crippen LogP contribution in [0, 0.1) is 0 Å². The SMILES string of the molecule is O=C(Nc1ccccn1)c1cccnc1Oc1ccc(Br)cc1. The molecule has 0 aliphatic heterocycles. The van der Waals surface area contributed by atoms with Crippen LogP contribution in [0.3, 0.4) is 0 Å². The van der Waals surface area contributed by atoms with E-state index in [4.69, 9.17) is 4.74 Å². The van der Waals surface area contributed by atoms with Crippen LogP contribution < -0.4 is 10.1 Å². The number of amides is 1. The van der Waals surface area contributed by atoms with Gasteiger partial charge in [0, 0.05) is 16.9 Å². The zero-order valence-corrected chi connectivity index (χ0v) is 13.5. The fourth-order valence-electron chi connectivity index (χ4n) is 1.88. The normalized spacial score (nSPS) is 10.1. The average Bonchev–Trinajstić information content (AvgIpc) is 2.58. The van der Waals surface area contributed by atoms with Gasteiger partial charge in [-0.2, -0.15) is 0 Å². The first-order valence-corrected chi connectivity index (χ1v) is 7.62. The lowest BCUT2D eigenvalue weighted by molar-refractivity contribution is 0.102. The van der Waals surface area contributed by atoms with Crippen LogP contribution in [0.2, 0.25) is 0 Å². The highest BCUT2D eigenvalue weighted by Gasteiger charge is 2.14. The third-order valence-corrected chi connectivity index (χ3v) is 3.48. The third-order valence-electron chi connectivity index (χ3n) is 2.95. The Morgan fingerprint density at radius 1 is 0.957 bits per heavy atom. The van der Waals surface area contributed by atoms with E-state index in [0.29, 0.717) is 17.1 Å². The Balaban J connectivity index is 1.82. The number of hydrogen-bond donors (Lipinski definition) is 1. The largest absolute Gasteiger partial charge is 0.438 e. The second-order valence-electron chi connectivity index (χ2n) is 4.58. The van der Waals surface area contributed by atoms with E-state index >= 15 is 0 Å². The van der Waals surface area contributed by atoms with Gasteiger partial charge in [0.05, 0.1) is 0 Å². The van der Waals surface area contributed by atoms with Gasteiger partial charge in [-0.05, 0) is 48.5 Å². The summed E-state index contributed by atoms with van der Waals surface area (Å²) in [6.45, 7) is 0. The van der Waals surface area contributed by atoms with Crippen LogP contribution in [0.5, 0.6) is 11.6 Å². The molecule has 1 amide bonds. The van der Waals surface area contributed by atoms with Crippen molar-refractivity contribution < 1.29 is 9.53 Å². The van der Waals surface area contributed by atoms with Crippen molar-refractivity contribution in [3.8, 4) is 11.6 Å². The minimum Gasteiger partial charge on any atom is -0.438 e. The second-order valence-corrected chi connectivity index (χ2v) is 5.50. The number of ether oxygens (including phenoxy) is 1. The Morgan fingerprint density at radius 3 is 2.48 bits per heavy atom. The van der Waals surface area contributed by atoms with Gasteiger partial charge in [-0.3, -0.25) is 4.79 Å². The molecule has 0 aliphatic rings. The van der Waals surface area contributed by atoms with Crippen molar-refractivity contribution in [3.63, 3.8) is 0 Å². The highest BCUT2D eigenvalue weighted by Crippen LogP contribution is 2.24. The van der Waals surface area contributed by atoms with Crippen LogP contribution in [0.1, 0.15) is 10.4 Å². The zero-order valence-electron chi connectivity index (χ0n) is 11.9. The van der Waals surface area contributed by atoms with Gasteiger partial charge >= 0.3 is 0 Å². The number of nitrogens with zero attached hydrogens (tertiary/aromatic N) is 2. The van der Waals surface area contributed by atoms with E-state index in [2.05, 4.69) is 31.2 Å². The molecule has 2 aromatic heterocycles. The van der Waals surface area contributed by atoms with E-state index in [9.17, 15) is 4.79 Å². The van der Waals surface area contributed by atoms with Gasteiger partial charge in [-0.15, -0.1) is 0 Å². The molecule has 23 heavy (non-hydrogen) atoms. The number of rotatable bonds is 4. The van der Waals surface area contributed by atoms with Gasteiger partial charge in [0.1, 0.15) is 17.1 Å². The highest BCUT2D eigenvalue weighted by molar-refractivity contribution is 9.10. The number of pyridine rings is 2. The molecular formula is C17H12BrN3O2. The Labute approximate surface area is 141 Å². The predicted molar refractivity (Wildman–Crippen MR) is 90.6 cm³/mol. The second kappa shape index (κ2) is 7.02. The summed E-state index contributed by atoms with van der Waals surface area (Å²) < 4.78 is 6.65. The van der Waals surface area contributed by atoms with Gasteiger partial charge in [0.15, 0.2) is 0 Å². The number of aromatic nitrogens is 2.